The van der Waals surface area contributed by atoms with Crippen LogP contribution in [-0.2, 0) is 4.74 Å². The molecule has 7 nitrogen and oxygen atoms in total. The number of aromatic nitrogens is 2. The second-order valence-corrected chi connectivity index (χ2v) is 7.11. The number of methoxy groups -OCH3 is 1. The summed E-state index contributed by atoms with van der Waals surface area (Å²) < 4.78 is 5.46. The van der Waals surface area contributed by atoms with Gasteiger partial charge in [0.1, 0.15) is 17.0 Å². The van der Waals surface area contributed by atoms with Gasteiger partial charge in [0, 0.05) is 43.3 Å². The number of thiophene rings is 1. The van der Waals surface area contributed by atoms with Gasteiger partial charge in [0.05, 0.1) is 16.4 Å². The molecule has 1 aliphatic rings. The SMILES string of the molecule is COC1CCN(c2ncnc3scc(-c4ccc([N+](=O)[O-])cc4)c23)CC1. The fourth-order valence-electron chi connectivity index (χ4n) is 3.38. The maximum atomic E-state index is 10.9. The Labute approximate surface area is 154 Å². The van der Waals surface area contributed by atoms with E-state index in [-0.39, 0.29) is 10.6 Å². The van der Waals surface area contributed by atoms with Gasteiger partial charge < -0.3 is 9.64 Å². The average Bonchev–Trinajstić information content (AvgIpc) is 3.12. The number of ether oxygens (including phenoxy) is 1. The van der Waals surface area contributed by atoms with Crippen molar-refractivity contribution >= 4 is 33.1 Å². The van der Waals surface area contributed by atoms with Gasteiger partial charge in [-0.1, -0.05) is 0 Å². The number of benzene rings is 1. The minimum atomic E-state index is -0.385. The van der Waals surface area contributed by atoms with Crippen LogP contribution in [0.5, 0.6) is 0 Å². The zero-order valence-corrected chi connectivity index (χ0v) is 15.1. The predicted octanol–water partition coefficient (Wildman–Crippen LogP) is 3.88. The standard InChI is InChI=1S/C18H18N4O3S/c1-25-14-6-8-21(9-7-14)17-16-15(10-26-18(16)20-11-19-17)12-2-4-13(5-3-12)22(23)24/h2-5,10-11,14H,6-9H2,1H3. The van der Waals surface area contributed by atoms with Gasteiger partial charge in [0.25, 0.3) is 5.69 Å². The number of anilines is 1. The van der Waals surface area contributed by atoms with Gasteiger partial charge in [0.2, 0.25) is 0 Å². The number of hydrogen-bond donors (Lipinski definition) is 0. The van der Waals surface area contributed by atoms with Crippen molar-refractivity contribution in [2.24, 2.45) is 0 Å². The van der Waals surface area contributed by atoms with Crippen LogP contribution >= 0.6 is 11.3 Å². The Morgan fingerprint density at radius 3 is 2.62 bits per heavy atom. The van der Waals surface area contributed by atoms with E-state index < -0.39 is 0 Å². The lowest BCUT2D eigenvalue weighted by atomic mass is 10.0. The van der Waals surface area contributed by atoms with Crippen LogP contribution in [0.25, 0.3) is 21.3 Å². The van der Waals surface area contributed by atoms with E-state index in [2.05, 4.69) is 14.9 Å². The lowest BCUT2D eigenvalue weighted by molar-refractivity contribution is -0.384. The van der Waals surface area contributed by atoms with E-state index in [0.29, 0.717) is 6.10 Å². The summed E-state index contributed by atoms with van der Waals surface area (Å²) in [7, 11) is 1.76. The van der Waals surface area contributed by atoms with E-state index in [1.54, 1.807) is 36.9 Å². The summed E-state index contributed by atoms with van der Waals surface area (Å²) in [4.78, 5) is 22.7. The van der Waals surface area contributed by atoms with Crippen LogP contribution in [0, 0.1) is 10.1 Å². The van der Waals surface area contributed by atoms with Crippen LogP contribution in [0.3, 0.4) is 0 Å². The molecule has 1 fully saturated rings. The van der Waals surface area contributed by atoms with Gasteiger partial charge in [-0.25, -0.2) is 9.97 Å². The summed E-state index contributed by atoms with van der Waals surface area (Å²) in [5, 5.41) is 14.0. The van der Waals surface area contributed by atoms with Gasteiger partial charge >= 0.3 is 0 Å². The molecular weight excluding hydrogens is 352 g/mol. The molecule has 0 saturated carbocycles. The number of nitro groups is 1. The van der Waals surface area contributed by atoms with Crippen molar-refractivity contribution in [3.63, 3.8) is 0 Å². The molecule has 0 amide bonds. The van der Waals surface area contributed by atoms with Crippen LogP contribution in [0.1, 0.15) is 12.8 Å². The van der Waals surface area contributed by atoms with E-state index in [1.165, 1.54) is 12.1 Å². The highest BCUT2D eigenvalue weighted by molar-refractivity contribution is 7.17. The number of nitro benzene ring substituents is 1. The molecule has 0 bridgehead atoms. The molecule has 3 aromatic rings. The van der Waals surface area contributed by atoms with Gasteiger partial charge in [-0.05, 0) is 30.5 Å². The molecule has 4 rings (SSSR count). The van der Waals surface area contributed by atoms with Crippen LogP contribution in [0.4, 0.5) is 11.5 Å². The van der Waals surface area contributed by atoms with Crippen molar-refractivity contribution in [1.82, 2.24) is 9.97 Å². The molecule has 0 atom stereocenters. The fourth-order valence-corrected chi connectivity index (χ4v) is 4.29. The first-order valence-corrected chi connectivity index (χ1v) is 9.30. The Hall–Kier alpha value is -2.58. The summed E-state index contributed by atoms with van der Waals surface area (Å²) in [5.74, 6) is 0.930. The molecule has 134 valence electrons. The van der Waals surface area contributed by atoms with Crippen molar-refractivity contribution in [1.29, 1.82) is 0 Å². The molecule has 0 radical (unpaired) electrons. The Bertz CT molecular complexity index is 933. The van der Waals surface area contributed by atoms with E-state index in [4.69, 9.17) is 4.74 Å². The molecule has 8 heteroatoms. The zero-order chi connectivity index (χ0) is 18.1. The van der Waals surface area contributed by atoms with Crippen molar-refractivity contribution in [2.45, 2.75) is 18.9 Å². The van der Waals surface area contributed by atoms with Gasteiger partial charge in [-0.15, -0.1) is 11.3 Å². The largest absolute Gasteiger partial charge is 0.381 e. The summed E-state index contributed by atoms with van der Waals surface area (Å²) in [6.45, 7) is 1.78. The Kier molecular flexibility index (Phi) is 4.52. The summed E-state index contributed by atoms with van der Waals surface area (Å²) in [6, 6.07) is 6.64. The normalized spacial score (nSPS) is 15.5. The molecule has 1 saturated heterocycles. The maximum absolute atomic E-state index is 10.9. The van der Waals surface area contributed by atoms with E-state index in [9.17, 15) is 10.1 Å². The topological polar surface area (TPSA) is 81.4 Å². The molecule has 2 aromatic heterocycles. The highest BCUT2D eigenvalue weighted by Crippen LogP contribution is 2.38. The van der Waals surface area contributed by atoms with Crippen molar-refractivity contribution < 1.29 is 9.66 Å². The zero-order valence-electron chi connectivity index (χ0n) is 14.3. The molecule has 3 heterocycles. The van der Waals surface area contributed by atoms with Gasteiger partial charge in [0.15, 0.2) is 0 Å². The quantitative estimate of drug-likeness (QED) is 0.512. The monoisotopic (exact) mass is 370 g/mol. The first-order chi connectivity index (χ1) is 12.7. The van der Waals surface area contributed by atoms with Crippen LogP contribution in [0.2, 0.25) is 0 Å². The van der Waals surface area contributed by atoms with Crippen molar-refractivity contribution in [2.75, 3.05) is 25.1 Å². The number of nitrogens with zero attached hydrogens (tertiary/aromatic N) is 4. The highest BCUT2D eigenvalue weighted by atomic mass is 32.1. The minimum Gasteiger partial charge on any atom is -0.381 e. The Balaban J connectivity index is 1.74. The Morgan fingerprint density at radius 1 is 1.23 bits per heavy atom. The maximum Gasteiger partial charge on any atom is 0.269 e. The third kappa shape index (κ3) is 3.02. The number of fused-ring (bicyclic) bond motifs is 1. The number of piperidine rings is 1. The van der Waals surface area contributed by atoms with E-state index in [0.717, 1.165) is 53.1 Å². The third-order valence-corrected chi connectivity index (χ3v) is 5.70. The summed E-state index contributed by atoms with van der Waals surface area (Å²) in [5.41, 5.74) is 2.04. The van der Waals surface area contributed by atoms with Crippen molar-refractivity contribution in [3.8, 4) is 11.1 Å². The first kappa shape index (κ1) is 16.9. The molecule has 0 spiro atoms. The molecule has 1 aliphatic heterocycles. The van der Waals surface area contributed by atoms with E-state index in [1.807, 2.05) is 5.38 Å². The Morgan fingerprint density at radius 2 is 1.96 bits per heavy atom. The molecule has 26 heavy (non-hydrogen) atoms. The number of hydrogen-bond acceptors (Lipinski definition) is 7. The highest BCUT2D eigenvalue weighted by Gasteiger charge is 2.23. The molecule has 1 aromatic carbocycles. The fraction of sp³-hybridized carbons (Fsp3) is 0.333. The van der Waals surface area contributed by atoms with Crippen LogP contribution in [0.15, 0.2) is 36.0 Å². The van der Waals surface area contributed by atoms with Crippen LogP contribution < -0.4 is 4.90 Å². The van der Waals surface area contributed by atoms with Gasteiger partial charge in [-0.2, -0.15) is 0 Å². The van der Waals surface area contributed by atoms with E-state index >= 15 is 0 Å². The van der Waals surface area contributed by atoms with Gasteiger partial charge in [-0.3, -0.25) is 10.1 Å². The van der Waals surface area contributed by atoms with Crippen LogP contribution in [-0.4, -0.2) is 41.2 Å². The minimum absolute atomic E-state index is 0.0893. The second kappa shape index (κ2) is 6.97. The molecular formula is C18H18N4O3S. The summed E-state index contributed by atoms with van der Waals surface area (Å²) >= 11 is 1.57. The second-order valence-electron chi connectivity index (χ2n) is 6.25. The number of non-ortho nitro benzene ring substituents is 1. The lowest BCUT2D eigenvalue weighted by Gasteiger charge is -2.32. The first-order valence-electron chi connectivity index (χ1n) is 8.42. The van der Waals surface area contributed by atoms with Crippen molar-refractivity contribution in [3.05, 3.63) is 46.1 Å². The lowest BCUT2D eigenvalue weighted by Crippen LogP contribution is -2.37. The molecule has 0 unspecified atom stereocenters. The third-order valence-electron chi connectivity index (χ3n) is 4.81. The molecule has 0 N–H and O–H groups in total. The smallest absolute Gasteiger partial charge is 0.269 e. The predicted molar refractivity (Wildman–Crippen MR) is 102 cm³/mol. The molecule has 0 aliphatic carbocycles. The number of rotatable bonds is 4. The average molecular weight is 370 g/mol. The summed E-state index contributed by atoms with van der Waals surface area (Å²) in [6.07, 6.45) is 3.86.